The van der Waals surface area contributed by atoms with Crippen molar-refractivity contribution in [1.82, 2.24) is 5.32 Å². The Morgan fingerprint density at radius 2 is 2.00 bits per heavy atom. The molecule has 0 saturated heterocycles. The van der Waals surface area contributed by atoms with Crippen LogP contribution in [0.1, 0.15) is 25.3 Å². The van der Waals surface area contributed by atoms with E-state index in [4.69, 9.17) is 0 Å². The zero-order valence-electron chi connectivity index (χ0n) is 7.86. The molecule has 1 amide bonds. The minimum atomic E-state index is 0.00588. The van der Waals surface area contributed by atoms with Crippen molar-refractivity contribution in [2.75, 3.05) is 0 Å². The topological polar surface area (TPSA) is 31.2 Å². The first-order valence-corrected chi connectivity index (χ1v) is 4.57. The van der Waals surface area contributed by atoms with E-state index in [9.17, 15) is 4.79 Å². The second kappa shape index (κ2) is 5.36. The van der Waals surface area contributed by atoms with Gasteiger partial charge in [0, 0.05) is 6.42 Å². The van der Waals surface area contributed by atoms with Crippen LogP contribution in [-0.4, -0.2) is 5.91 Å². The van der Waals surface area contributed by atoms with E-state index in [2.05, 4.69) is 5.32 Å². The van der Waals surface area contributed by atoms with E-state index >= 15 is 0 Å². The number of benzene rings is 1. The van der Waals surface area contributed by atoms with Gasteiger partial charge in [0.05, 0.1) is 6.54 Å². The third-order valence-electron chi connectivity index (χ3n) is 1.74. The van der Waals surface area contributed by atoms with Crippen LogP contribution in [0.5, 0.6) is 0 Å². The van der Waals surface area contributed by atoms with E-state index in [0.29, 0.717) is 13.0 Å². The molecule has 0 unspecified atom stereocenters. The molecule has 0 aromatic heterocycles. The van der Waals surface area contributed by atoms with Crippen LogP contribution >= 0.6 is 0 Å². The molecule has 2 nitrogen and oxygen atoms in total. The molecule has 0 aliphatic rings. The first-order chi connectivity index (χ1) is 6.33. The molecule has 0 fully saturated rings. The summed E-state index contributed by atoms with van der Waals surface area (Å²) >= 11 is 0. The number of carbonyl (C=O) groups excluding carboxylic acids is 1. The van der Waals surface area contributed by atoms with Gasteiger partial charge < -0.3 is 0 Å². The third-order valence-corrected chi connectivity index (χ3v) is 1.74. The summed E-state index contributed by atoms with van der Waals surface area (Å²) in [5, 5.41) is 3.95. The molecule has 1 aromatic carbocycles. The van der Waals surface area contributed by atoms with Gasteiger partial charge in [-0.3, -0.25) is 4.79 Å². The highest BCUT2D eigenvalue weighted by Gasteiger charge is 2.00. The Kier molecular flexibility index (Phi) is 4.03. The average molecular weight is 176 g/mol. The van der Waals surface area contributed by atoms with Crippen LogP contribution < -0.4 is 5.32 Å². The zero-order chi connectivity index (χ0) is 9.52. The molecule has 69 valence electrons. The molecular weight excluding hydrogens is 162 g/mol. The van der Waals surface area contributed by atoms with Crippen molar-refractivity contribution in [3.8, 4) is 0 Å². The Hall–Kier alpha value is -1.31. The number of rotatable bonds is 4. The van der Waals surface area contributed by atoms with Crippen molar-refractivity contribution >= 4 is 5.91 Å². The molecule has 1 rings (SSSR count). The first kappa shape index (κ1) is 9.78. The lowest BCUT2D eigenvalue weighted by atomic mass is 10.2. The number of hydrogen-bond acceptors (Lipinski definition) is 1. The van der Waals surface area contributed by atoms with Crippen LogP contribution in [0.15, 0.2) is 30.3 Å². The van der Waals surface area contributed by atoms with E-state index in [1.54, 1.807) is 0 Å². The van der Waals surface area contributed by atoms with Gasteiger partial charge in [0.2, 0.25) is 5.91 Å². The minimum Gasteiger partial charge on any atom is -0.273 e. The van der Waals surface area contributed by atoms with Crippen LogP contribution in [0, 0.1) is 0 Å². The standard InChI is InChI=1S/C11H14NO/c1-2-6-11(13)12-9-10-7-4-3-5-8-10/h3-5,7-8H,2,6,9H2,1H3. The number of amides is 1. The summed E-state index contributed by atoms with van der Waals surface area (Å²) in [7, 11) is 0. The van der Waals surface area contributed by atoms with Crippen molar-refractivity contribution in [2.24, 2.45) is 0 Å². The van der Waals surface area contributed by atoms with E-state index in [-0.39, 0.29) is 5.91 Å². The lowest BCUT2D eigenvalue weighted by Crippen LogP contribution is -2.14. The number of hydrogen-bond donors (Lipinski definition) is 0. The van der Waals surface area contributed by atoms with E-state index in [1.165, 1.54) is 0 Å². The second-order valence-electron chi connectivity index (χ2n) is 2.95. The van der Waals surface area contributed by atoms with Gasteiger partial charge in [0.15, 0.2) is 0 Å². The Morgan fingerprint density at radius 3 is 2.62 bits per heavy atom. The van der Waals surface area contributed by atoms with Gasteiger partial charge in [0.25, 0.3) is 0 Å². The maximum absolute atomic E-state index is 11.0. The normalized spacial score (nSPS) is 9.62. The summed E-state index contributed by atoms with van der Waals surface area (Å²) in [5.74, 6) is 0.00588. The summed E-state index contributed by atoms with van der Waals surface area (Å²) in [6.45, 7) is 2.50. The van der Waals surface area contributed by atoms with E-state index in [0.717, 1.165) is 12.0 Å². The van der Waals surface area contributed by atoms with Gasteiger partial charge in [-0.25, -0.2) is 5.32 Å². The third kappa shape index (κ3) is 3.74. The molecule has 0 heterocycles. The predicted octanol–water partition coefficient (Wildman–Crippen LogP) is 2.12. The van der Waals surface area contributed by atoms with Gasteiger partial charge in [-0.2, -0.15) is 0 Å². The lowest BCUT2D eigenvalue weighted by molar-refractivity contribution is -0.121. The van der Waals surface area contributed by atoms with Gasteiger partial charge >= 0.3 is 0 Å². The molecule has 13 heavy (non-hydrogen) atoms. The summed E-state index contributed by atoms with van der Waals surface area (Å²) in [6.07, 6.45) is 1.43. The smallest absolute Gasteiger partial charge is 0.241 e. The van der Waals surface area contributed by atoms with Crippen LogP contribution in [0.25, 0.3) is 0 Å². The summed E-state index contributed by atoms with van der Waals surface area (Å²) in [6, 6.07) is 9.81. The maximum Gasteiger partial charge on any atom is 0.241 e. The van der Waals surface area contributed by atoms with Crippen LogP contribution in [0.3, 0.4) is 0 Å². The van der Waals surface area contributed by atoms with Gasteiger partial charge in [-0.1, -0.05) is 37.3 Å². The lowest BCUT2D eigenvalue weighted by Gasteiger charge is -2.00. The molecule has 0 saturated carbocycles. The highest BCUT2D eigenvalue weighted by Crippen LogP contribution is 1.98. The summed E-state index contributed by atoms with van der Waals surface area (Å²) in [5.41, 5.74) is 1.09. The van der Waals surface area contributed by atoms with Crippen molar-refractivity contribution in [3.63, 3.8) is 0 Å². The van der Waals surface area contributed by atoms with Gasteiger partial charge in [-0.05, 0) is 12.0 Å². The van der Waals surface area contributed by atoms with Crippen molar-refractivity contribution in [2.45, 2.75) is 26.3 Å². The quantitative estimate of drug-likeness (QED) is 0.691. The molecule has 0 bridgehead atoms. The second-order valence-corrected chi connectivity index (χ2v) is 2.95. The molecule has 2 heteroatoms. The summed E-state index contributed by atoms with van der Waals surface area (Å²) < 4.78 is 0. The maximum atomic E-state index is 11.0. The summed E-state index contributed by atoms with van der Waals surface area (Å²) in [4.78, 5) is 11.0. The molecule has 0 aliphatic carbocycles. The van der Waals surface area contributed by atoms with Gasteiger partial charge in [0.1, 0.15) is 0 Å². The highest BCUT2D eigenvalue weighted by atomic mass is 16.1. The fourth-order valence-electron chi connectivity index (χ4n) is 1.06. The number of carbonyl (C=O) groups is 1. The minimum absolute atomic E-state index is 0.00588. The molecule has 0 atom stereocenters. The molecule has 1 aromatic rings. The fraction of sp³-hybridized carbons (Fsp3) is 0.364. The Bertz CT molecular complexity index is 256. The monoisotopic (exact) mass is 176 g/mol. The van der Waals surface area contributed by atoms with Crippen LogP contribution in [0.4, 0.5) is 0 Å². The van der Waals surface area contributed by atoms with Gasteiger partial charge in [-0.15, -0.1) is 0 Å². The Morgan fingerprint density at radius 1 is 1.31 bits per heavy atom. The Balaban J connectivity index is 2.31. The van der Waals surface area contributed by atoms with Crippen molar-refractivity contribution in [1.29, 1.82) is 0 Å². The van der Waals surface area contributed by atoms with Crippen molar-refractivity contribution in [3.05, 3.63) is 35.9 Å². The molecule has 0 spiro atoms. The predicted molar refractivity (Wildman–Crippen MR) is 52.2 cm³/mol. The highest BCUT2D eigenvalue weighted by molar-refractivity contribution is 5.75. The Labute approximate surface area is 79.0 Å². The first-order valence-electron chi connectivity index (χ1n) is 4.57. The van der Waals surface area contributed by atoms with Crippen LogP contribution in [0.2, 0.25) is 0 Å². The molecule has 0 N–H and O–H groups in total. The number of nitrogens with zero attached hydrogens (tertiary/aromatic N) is 1. The molecular formula is C11H14NO. The van der Waals surface area contributed by atoms with Crippen LogP contribution in [-0.2, 0) is 11.3 Å². The largest absolute Gasteiger partial charge is 0.273 e. The average Bonchev–Trinajstić information content (AvgIpc) is 2.17. The zero-order valence-corrected chi connectivity index (χ0v) is 7.86. The SMILES string of the molecule is CCCC(=O)[N]Cc1ccccc1. The fourth-order valence-corrected chi connectivity index (χ4v) is 1.06. The van der Waals surface area contributed by atoms with E-state index in [1.807, 2.05) is 37.3 Å². The molecule has 0 aliphatic heterocycles. The van der Waals surface area contributed by atoms with Crippen molar-refractivity contribution < 1.29 is 4.79 Å². The van der Waals surface area contributed by atoms with E-state index < -0.39 is 0 Å². The molecule has 1 radical (unpaired) electrons.